The largest absolute Gasteiger partial charge is 0.444 e. The fraction of sp³-hybridized carbons (Fsp3) is 0.273. The Labute approximate surface area is 173 Å². The first kappa shape index (κ1) is 19.8. The maximum Gasteiger partial charge on any atom is 0.269 e. The van der Waals surface area contributed by atoms with E-state index in [1.807, 2.05) is 41.3 Å². The topological polar surface area (TPSA) is 92.7 Å². The fourth-order valence-electron chi connectivity index (χ4n) is 3.55. The van der Waals surface area contributed by atoms with Crippen LogP contribution in [0.1, 0.15) is 11.3 Å². The molecular weight excluding hydrogens is 384 g/mol. The number of amides is 1. The number of non-ortho nitro benzene ring substituents is 1. The number of carbonyl (C=O) groups is 1. The van der Waals surface area contributed by atoms with Crippen molar-refractivity contribution in [2.45, 2.75) is 13.0 Å². The van der Waals surface area contributed by atoms with Gasteiger partial charge in [0.15, 0.2) is 0 Å². The predicted molar refractivity (Wildman–Crippen MR) is 111 cm³/mol. The summed E-state index contributed by atoms with van der Waals surface area (Å²) < 4.78 is 5.51. The second-order valence-electron chi connectivity index (χ2n) is 7.27. The molecule has 154 valence electrons. The Morgan fingerprint density at radius 2 is 1.83 bits per heavy atom. The van der Waals surface area contributed by atoms with Crippen LogP contribution in [0.2, 0.25) is 0 Å². The van der Waals surface area contributed by atoms with Gasteiger partial charge in [-0.1, -0.05) is 30.3 Å². The summed E-state index contributed by atoms with van der Waals surface area (Å²) in [5.74, 6) is 0.540. The molecule has 1 fully saturated rings. The van der Waals surface area contributed by atoms with Gasteiger partial charge in [-0.05, 0) is 17.7 Å². The number of aromatic nitrogens is 1. The maximum atomic E-state index is 12.6. The van der Waals surface area contributed by atoms with Crippen LogP contribution in [0.15, 0.2) is 65.3 Å². The van der Waals surface area contributed by atoms with Crippen molar-refractivity contribution in [3.8, 4) is 11.5 Å². The second kappa shape index (κ2) is 8.87. The summed E-state index contributed by atoms with van der Waals surface area (Å²) >= 11 is 0. The SMILES string of the molecule is O=C(Cc1coc(-c2ccccc2)n1)N1CCN(Cc2cccc([N+](=O)[O-])c2)CC1. The Morgan fingerprint density at radius 1 is 1.07 bits per heavy atom. The minimum Gasteiger partial charge on any atom is -0.444 e. The molecule has 4 rings (SSSR count). The van der Waals surface area contributed by atoms with E-state index in [4.69, 9.17) is 4.42 Å². The van der Waals surface area contributed by atoms with Gasteiger partial charge in [-0.2, -0.15) is 0 Å². The smallest absolute Gasteiger partial charge is 0.269 e. The normalized spacial score (nSPS) is 14.6. The van der Waals surface area contributed by atoms with Gasteiger partial charge in [0.2, 0.25) is 11.8 Å². The summed E-state index contributed by atoms with van der Waals surface area (Å²) in [6.45, 7) is 3.33. The number of nitro groups is 1. The van der Waals surface area contributed by atoms with Gasteiger partial charge in [0.1, 0.15) is 6.26 Å². The molecule has 0 unspecified atom stereocenters. The second-order valence-corrected chi connectivity index (χ2v) is 7.27. The molecule has 0 radical (unpaired) electrons. The monoisotopic (exact) mass is 406 g/mol. The minimum atomic E-state index is -0.382. The molecule has 0 N–H and O–H groups in total. The third-order valence-electron chi connectivity index (χ3n) is 5.16. The van der Waals surface area contributed by atoms with Crippen molar-refractivity contribution in [2.24, 2.45) is 0 Å². The van der Waals surface area contributed by atoms with Gasteiger partial charge >= 0.3 is 0 Å². The Morgan fingerprint density at radius 3 is 2.57 bits per heavy atom. The first-order valence-corrected chi connectivity index (χ1v) is 9.82. The Kier molecular flexibility index (Phi) is 5.85. The van der Waals surface area contributed by atoms with Gasteiger partial charge in [0, 0.05) is 50.4 Å². The van der Waals surface area contributed by atoms with Crippen LogP contribution < -0.4 is 0 Å². The molecule has 1 aliphatic rings. The molecule has 0 saturated carbocycles. The number of piperazine rings is 1. The zero-order valence-electron chi connectivity index (χ0n) is 16.4. The number of benzene rings is 2. The fourth-order valence-corrected chi connectivity index (χ4v) is 3.55. The van der Waals surface area contributed by atoms with Crippen molar-refractivity contribution < 1.29 is 14.1 Å². The Balaban J connectivity index is 1.29. The van der Waals surface area contributed by atoms with Crippen molar-refractivity contribution in [1.29, 1.82) is 0 Å². The highest BCUT2D eigenvalue weighted by molar-refractivity contribution is 5.78. The molecule has 3 aromatic rings. The van der Waals surface area contributed by atoms with Crippen LogP contribution in [0.3, 0.4) is 0 Å². The summed E-state index contributed by atoms with van der Waals surface area (Å²) in [4.78, 5) is 31.7. The van der Waals surface area contributed by atoms with E-state index in [-0.39, 0.29) is 22.9 Å². The van der Waals surface area contributed by atoms with Gasteiger partial charge in [0.05, 0.1) is 17.0 Å². The van der Waals surface area contributed by atoms with Crippen LogP contribution in [-0.2, 0) is 17.8 Å². The lowest BCUT2D eigenvalue weighted by atomic mass is 10.1. The lowest BCUT2D eigenvalue weighted by Gasteiger charge is -2.34. The Hall–Kier alpha value is -3.52. The first-order valence-electron chi connectivity index (χ1n) is 9.82. The number of rotatable bonds is 6. The van der Waals surface area contributed by atoms with Gasteiger partial charge in [-0.15, -0.1) is 0 Å². The highest BCUT2D eigenvalue weighted by atomic mass is 16.6. The summed E-state index contributed by atoms with van der Waals surface area (Å²) in [6.07, 6.45) is 1.75. The third-order valence-corrected chi connectivity index (χ3v) is 5.16. The molecule has 30 heavy (non-hydrogen) atoms. The quantitative estimate of drug-likeness (QED) is 0.461. The van der Waals surface area contributed by atoms with E-state index in [0.29, 0.717) is 31.2 Å². The lowest BCUT2D eigenvalue weighted by molar-refractivity contribution is -0.384. The molecule has 2 aromatic carbocycles. The molecule has 0 spiro atoms. The van der Waals surface area contributed by atoms with Crippen LogP contribution in [0.5, 0.6) is 0 Å². The Bertz CT molecular complexity index is 1030. The van der Waals surface area contributed by atoms with Gasteiger partial charge < -0.3 is 9.32 Å². The van der Waals surface area contributed by atoms with E-state index in [1.165, 1.54) is 6.07 Å². The average molecular weight is 406 g/mol. The van der Waals surface area contributed by atoms with E-state index in [9.17, 15) is 14.9 Å². The first-order chi connectivity index (χ1) is 14.6. The van der Waals surface area contributed by atoms with E-state index >= 15 is 0 Å². The van der Waals surface area contributed by atoms with Crippen molar-refractivity contribution in [3.63, 3.8) is 0 Å². The highest BCUT2D eigenvalue weighted by Gasteiger charge is 2.22. The summed E-state index contributed by atoms with van der Waals surface area (Å²) in [7, 11) is 0. The van der Waals surface area contributed by atoms with Crippen LogP contribution in [0.25, 0.3) is 11.5 Å². The van der Waals surface area contributed by atoms with Gasteiger partial charge in [0.25, 0.3) is 5.69 Å². The van der Waals surface area contributed by atoms with Crippen LogP contribution >= 0.6 is 0 Å². The molecule has 0 atom stereocenters. The zero-order chi connectivity index (χ0) is 20.9. The minimum absolute atomic E-state index is 0.0258. The molecule has 8 heteroatoms. The van der Waals surface area contributed by atoms with Crippen LogP contribution in [0, 0.1) is 10.1 Å². The number of carbonyl (C=O) groups excluding carboxylic acids is 1. The third kappa shape index (κ3) is 4.72. The summed E-state index contributed by atoms with van der Waals surface area (Å²) in [5.41, 5.74) is 2.51. The number of hydrogen-bond donors (Lipinski definition) is 0. The van der Waals surface area contributed by atoms with Crippen LogP contribution in [-0.4, -0.2) is 51.8 Å². The molecule has 0 bridgehead atoms. The van der Waals surface area contributed by atoms with E-state index < -0.39 is 0 Å². The predicted octanol–water partition coefficient (Wildman–Crippen LogP) is 3.14. The number of oxazole rings is 1. The van der Waals surface area contributed by atoms with E-state index in [1.54, 1.807) is 18.4 Å². The zero-order valence-corrected chi connectivity index (χ0v) is 16.4. The molecule has 8 nitrogen and oxygen atoms in total. The summed E-state index contributed by atoms with van der Waals surface area (Å²) in [6, 6.07) is 16.3. The standard InChI is InChI=1S/C22H22N4O4/c27-21(14-19-16-30-22(23-19)18-6-2-1-3-7-18)25-11-9-24(10-12-25)15-17-5-4-8-20(13-17)26(28)29/h1-8,13,16H,9-12,14-15H2. The number of hydrogen-bond acceptors (Lipinski definition) is 6. The molecule has 1 saturated heterocycles. The van der Waals surface area contributed by atoms with Gasteiger partial charge in [-0.25, -0.2) is 4.98 Å². The molecule has 2 heterocycles. The van der Waals surface area contributed by atoms with Crippen molar-refractivity contribution in [1.82, 2.24) is 14.8 Å². The molecule has 1 aliphatic heterocycles. The van der Waals surface area contributed by atoms with Crippen molar-refractivity contribution >= 4 is 11.6 Å². The molecule has 1 amide bonds. The van der Waals surface area contributed by atoms with Gasteiger partial charge in [-0.3, -0.25) is 19.8 Å². The molecule has 0 aliphatic carbocycles. The van der Waals surface area contributed by atoms with Crippen molar-refractivity contribution in [3.05, 3.63) is 82.2 Å². The number of nitro benzene ring substituents is 1. The highest BCUT2D eigenvalue weighted by Crippen LogP contribution is 2.19. The average Bonchev–Trinajstić information content (AvgIpc) is 3.23. The van der Waals surface area contributed by atoms with Crippen molar-refractivity contribution in [2.75, 3.05) is 26.2 Å². The number of nitrogens with zero attached hydrogens (tertiary/aromatic N) is 4. The van der Waals surface area contributed by atoms with Crippen LogP contribution in [0.4, 0.5) is 5.69 Å². The maximum absolute atomic E-state index is 12.6. The van der Waals surface area contributed by atoms with E-state index in [0.717, 1.165) is 24.2 Å². The molecular formula is C22H22N4O4. The lowest BCUT2D eigenvalue weighted by Crippen LogP contribution is -2.48. The van der Waals surface area contributed by atoms with E-state index in [2.05, 4.69) is 9.88 Å². The summed E-state index contributed by atoms with van der Waals surface area (Å²) in [5, 5.41) is 10.9. The molecule has 1 aromatic heterocycles.